The van der Waals surface area contributed by atoms with E-state index in [1.54, 1.807) is 36.4 Å². The van der Waals surface area contributed by atoms with E-state index in [2.05, 4.69) is 21.4 Å². The molecule has 0 radical (unpaired) electrons. The SMILES string of the molecule is O=C1NN(c2ccccc2)C(=O)/C1=C\c1cc(Br)ccc1O. The normalized spacial score (nSPS) is 16.2. The van der Waals surface area contributed by atoms with Crippen LogP contribution in [0.15, 0.2) is 58.6 Å². The smallest absolute Gasteiger partial charge is 0.282 e. The van der Waals surface area contributed by atoms with Crippen LogP contribution in [0.5, 0.6) is 5.75 Å². The summed E-state index contributed by atoms with van der Waals surface area (Å²) in [6.07, 6.45) is 1.38. The van der Waals surface area contributed by atoms with Gasteiger partial charge in [0, 0.05) is 10.0 Å². The Hall–Kier alpha value is -2.60. The summed E-state index contributed by atoms with van der Waals surface area (Å²) in [6, 6.07) is 13.6. The van der Waals surface area contributed by atoms with Gasteiger partial charge in [-0.25, -0.2) is 5.01 Å². The Morgan fingerprint density at radius 1 is 1.09 bits per heavy atom. The maximum atomic E-state index is 12.4. The van der Waals surface area contributed by atoms with Gasteiger partial charge in [-0.15, -0.1) is 0 Å². The van der Waals surface area contributed by atoms with Crippen LogP contribution in [0.4, 0.5) is 5.69 Å². The van der Waals surface area contributed by atoms with Crippen LogP contribution in [-0.4, -0.2) is 16.9 Å². The maximum absolute atomic E-state index is 12.4. The van der Waals surface area contributed by atoms with Crippen LogP contribution < -0.4 is 10.4 Å². The Morgan fingerprint density at radius 2 is 1.82 bits per heavy atom. The molecule has 110 valence electrons. The third-order valence-corrected chi connectivity index (χ3v) is 3.69. The summed E-state index contributed by atoms with van der Waals surface area (Å²) in [6.45, 7) is 0. The van der Waals surface area contributed by atoms with Crippen molar-refractivity contribution in [1.82, 2.24) is 5.43 Å². The van der Waals surface area contributed by atoms with Gasteiger partial charge in [-0.05, 0) is 36.4 Å². The highest BCUT2D eigenvalue weighted by atomic mass is 79.9. The standard InChI is InChI=1S/C16H11BrN2O3/c17-11-6-7-14(20)10(8-11)9-13-15(21)18-19(16(13)22)12-4-2-1-3-5-12/h1-9,20H,(H,18,21)/b13-9-. The van der Waals surface area contributed by atoms with Crippen LogP contribution in [0.25, 0.3) is 6.08 Å². The molecule has 0 atom stereocenters. The number of halogens is 1. The monoisotopic (exact) mass is 358 g/mol. The lowest BCUT2D eigenvalue weighted by Gasteiger charge is -2.13. The number of hydrogen-bond donors (Lipinski definition) is 2. The van der Waals surface area contributed by atoms with Crippen molar-refractivity contribution in [2.45, 2.75) is 0 Å². The summed E-state index contributed by atoms with van der Waals surface area (Å²) in [4.78, 5) is 24.4. The van der Waals surface area contributed by atoms with Crippen LogP contribution in [0.2, 0.25) is 0 Å². The van der Waals surface area contributed by atoms with Gasteiger partial charge in [0.25, 0.3) is 11.8 Å². The molecule has 0 spiro atoms. The fourth-order valence-electron chi connectivity index (χ4n) is 2.11. The van der Waals surface area contributed by atoms with Crippen molar-refractivity contribution in [3.05, 3.63) is 64.1 Å². The fourth-order valence-corrected chi connectivity index (χ4v) is 2.49. The van der Waals surface area contributed by atoms with Crippen LogP contribution in [0, 0.1) is 0 Å². The van der Waals surface area contributed by atoms with Crippen molar-refractivity contribution in [3.8, 4) is 5.75 Å². The highest BCUT2D eigenvalue weighted by Gasteiger charge is 2.34. The van der Waals surface area contributed by atoms with Crippen LogP contribution >= 0.6 is 15.9 Å². The lowest BCUT2D eigenvalue weighted by molar-refractivity contribution is -0.117. The topological polar surface area (TPSA) is 69.6 Å². The molecule has 6 heteroatoms. The number of aromatic hydroxyl groups is 1. The number of carbonyl (C=O) groups is 2. The molecule has 2 aromatic carbocycles. The van der Waals surface area contributed by atoms with Crippen LogP contribution in [-0.2, 0) is 9.59 Å². The lowest BCUT2D eigenvalue weighted by atomic mass is 10.1. The Bertz CT molecular complexity index is 787. The Morgan fingerprint density at radius 3 is 2.55 bits per heavy atom. The summed E-state index contributed by atoms with van der Waals surface area (Å²) < 4.78 is 0.739. The number of hydrazine groups is 1. The largest absolute Gasteiger partial charge is 0.507 e. The van der Waals surface area contributed by atoms with Crippen molar-refractivity contribution >= 4 is 39.5 Å². The summed E-state index contributed by atoms with van der Waals surface area (Å²) in [5.74, 6) is -0.974. The van der Waals surface area contributed by atoms with Gasteiger partial charge in [-0.2, -0.15) is 0 Å². The highest BCUT2D eigenvalue weighted by Crippen LogP contribution is 2.26. The number of amides is 2. The van der Waals surface area contributed by atoms with Crippen LogP contribution in [0.1, 0.15) is 5.56 Å². The minimum Gasteiger partial charge on any atom is -0.507 e. The van der Waals surface area contributed by atoms with E-state index in [9.17, 15) is 14.7 Å². The molecule has 0 aliphatic carbocycles. The van der Waals surface area contributed by atoms with E-state index in [1.807, 2.05) is 6.07 Å². The van der Waals surface area contributed by atoms with E-state index in [-0.39, 0.29) is 11.3 Å². The first-order chi connectivity index (χ1) is 10.6. The number of rotatable bonds is 2. The molecule has 0 saturated carbocycles. The minimum absolute atomic E-state index is 0.00513. The second kappa shape index (κ2) is 5.65. The number of hydrogen-bond acceptors (Lipinski definition) is 3. The van der Waals surface area contributed by atoms with Gasteiger partial charge in [0.2, 0.25) is 0 Å². The zero-order chi connectivity index (χ0) is 15.7. The first-order valence-corrected chi connectivity index (χ1v) is 7.26. The molecule has 0 unspecified atom stereocenters. The highest BCUT2D eigenvalue weighted by molar-refractivity contribution is 9.10. The minimum atomic E-state index is -0.506. The van der Waals surface area contributed by atoms with Gasteiger partial charge in [-0.3, -0.25) is 15.0 Å². The van der Waals surface area contributed by atoms with Gasteiger partial charge in [0.1, 0.15) is 11.3 Å². The molecular weight excluding hydrogens is 348 g/mol. The van der Waals surface area contributed by atoms with Gasteiger partial charge in [0.15, 0.2) is 0 Å². The summed E-state index contributed by atoms with van der Waals surface area (Å²) >= 11 is 3.29. The van der Waals surface area contributed by atoms with Gasteiger partial charge >= 0.3 is 0 Å². The number of anilines is 1. The van der Waals surface area contributed by atoms with Gasteiger partial charge in [-0.1, -0.05) is 34.1 Å². The Kier molecular flexibility index (Phi) is 3.68. The van der Waals surface area contributed by atoms with Crippen molar-refractivity contribution in [3.63, 3.8) is 0 Å². The van der Waals surface area contributed by atoms with E-state index in [1.165, 1.54) is 17.2 Å². The summed E-state index contributed by atoms with van der Waals surface area (Å²) in [5, 5.41) is 11.0. The predicted molar refractivity (Wildman–Crippen MR) is 85.9 cm³/mol. The quantitative estimate of drug-likeness (QED) is 0.640. The molecule has 22 heavy (non-hydrogen) atoms. The van der Waals surface area contributed by atoms with Gasteiger partial charge in [0.05, 0.1) is 5.69 Å². The molecule has 1 aliphatic heterocycles. The molecular formula is C16H11BrN2O3. The van der Waals surface area contributed by atoms with Crippen molar-refractivity contribution in [2.75, 3.05) is 5.01 Å². The molecule has 0 bridgehead atoms. The van der Waals surface area contributed by atoms with Crippen LogP contribution in [0.3, 0.4) is 0 Å². The third kappa shape index (κ3) is 2.60. The molecule has 2 amide bonds. The fraction of sp³-hybridized carbons (Fsp3) is 0. The predicted octanol–water partition coefficient (Wildman–Crippen LogP) is 2.62. The zero-order valence-corrected chi connectivity index (χ0v) is 12.9. The number of nitrogens with one attached hydrogen (secondary N) is 1. The third-order valence-electron chi connectivity index (χ3n) is 3.20. The molecule has 3 rings (SSSR count). The maximum Gasteiger partial charge on any atom is 0.282 e. The number of carbonyl (C=O) groups excluding carboxylic acids is 2. The molecule has 0 aromatic heterocycles. The first-order valence-electron chi connectivity index (χ1n) is 6.47. The first kappa shape index (κ1) is 14.3. The molecule has 1 aliphatic rings. The van der Waals surface area contributed by atoms with E-state index in [0.717, 1.165) is 4.47 Å². The molecule has 1 heterocycles. The van der Waals surface area contributed by atoms with Crippen molar-refractivity contribution in [1.29, 1.82) is 0 Å². The van der Waals surface area contributed by atoms with E-state index < -0.39 is 11.8 Å². The second-order valence-corrected chi connectivity index (χ2v) is 5.59. The van der Waals surface area contributed by atoms with E-state index in [0.29, 0.717) is 11.3 Å². The number of nitrogens with zero attached hydrogens (tertiary/aromatic N) is 1. The van der Waals surface area contributed by atoms with Crippen molar-refractivity contribution < 1.29 is 14.7 Å². The van der Waals surface area contributed by atoms with Crippen molar-refractivity contribution in [2.24, 2.45) is 0 Å². The average molecular weight is 359 g/mol. The molecule has 2 aromatic rings. The second-order valence-electron chi connectivity index (χ2n) is 4.68. The Labute approximate surface area is 135 Å². The summed E-state index contributed by atoms with van der Waals surface area (Å²) in [5.41, 5.74) is 3.44. The zero-order valence-electron chi connectivity index (χ0n) is 11.3. The van der Waals surface area contributed by atoms with E-state index >= 15 is 0 Å². The Balaban J connectivity index is 1.98. The van der Waals surface area contributed by atoms with E-state index in [4.69, 9.17) is 0 Å². The lowest BCUT2D eigenvalue weighted by Crippen LogP contribution is -2.35. The number of phenolic OH excluding ortho intramolecular Hbond substituents is 1. The number of benzene rings is 2. The molecule has 2 N–H and O–H groups in total. The molecule has 1 saturated heterocycles. The van der Waals surface area contributed by atoms with Gasteiger partial charge < -0.3 is 5.11 Å². The average Bonchev–Trinajstić information content (AvgIpc) is 2.80. The summed E-state index contributed by atoms with van der Waals surface area (Å²) in [7, 11) is 0. The number of phenols is 1. The number of para-hydroxylation sites is 1. The molecule has 1 fully saturated rings. The molecule has 5 nitrogen and oxygen atoms in total.